The first-order valence-electron chi connectivity index (χ1n) is 4.24. The number of aryl methyl sites for hydroxylation is 1. The van der Waals surface area contributed by atoms with Gasteiger partial charge in [-0.25, -0.2) is 9.78 Å². The molecule has 6 nitrogen and oxygen atoms in total. The summed E-state index contributed by atoms with van der Waals surface area (Å²) in [5, 5.41) is 23.6. The summed E-state index contributed by atoms with van der Waals surface area (Å²) in [7, 11) is 1.55. The second-order valence-electron chi connectivity index (χ2n) is 2.99. The number of nitriles is 1. The lowest BCUT2D eigenvalue weighted by Gasteiger charge is -1.97. The van der Waals surface area contributed by atoms with Crippen LogP contribution in [0.3, 0.4) is 0 Å². The summed E-state index contributed by atoms with van der Waals surface area (Å²) >= 11 is 1.22. The van der Waals surface area contributed by atoms with Gasteiger partial charge in [-0.2, -0.15) is 10.4 Å². The summed E-state index contributed by atoms with van der Waals surface area (Å²) < 4.78 is 1.27. The molecular weight excluding hydrogens is 228 g/mol. The Morgan fingerprint density at radius 1 is 1.69 bits per heavy atom. The molecule has 0 atom stereocenters. The second-order valence-corrected chi connectivity index (χ2v) is 3.84. The van der Waals surface area contributed by atoms with Crippen molar-refractivity contribution in [2.75, 3.05) is 0 Å². The van der Waals surface area contributed by atoms with Gasteiger partial charge in [-0.1, -0.05) is 0 Å². The minimum atomic E-state index is -1.07. The highest BCUT2D eigenvalue weighted by atomic mass is 32.1. The van der Waals surface area contributed by atoms with Gasteiger partial charge in [-0.05, 0) is 0 Å². The van der Waals surface area contributed by atoms with E-state index in [4.69, 9.17) is 10.4 Å². The smallest absolute Gasteiger partial charge is 0.354 e. The zero-order valence-corrected chi connectivity index (χ0v) is 9.02. The van der Waals surface area contributed by atoms with Gasteiger partial charge in [-0.15, -0.1) is 11.3 Å². The number of hydrogen-bond acceptors (Lipinski definition) is 5. The molecule has 0 saturated heterocycles. The van der Waals surface area contributed by atoms with Crippen molar-refractivity contribution in [1.82, 2.24) is 14.8 Å². The molecule has 80 valence electrons. The molecule has 0 unspecified atom stereocenters. The van der Waals surface area contributed by atoms with E-state index in [0.29, 0.717) is 10.6 Å². The Bertz CT molecular complexity index is 593. The topological polar surface area (TPSA) is 91.8 Å². The number of aromatic nitrogens is 3. The van der Waals surface area contributed by atoms with Crippen molar-refractivity contribution >= 4 is 17.3 Å². The number of nitrogens with zero attached hydrogens (tertiary/aromatic N) is 4. The molecule has 16 heavy (non-hydrogen) atoms. The quantitative estimate of drug-likeness (QED) is 0.840. The molecule has 2 aromatic rings. The average molecular weight is 234 g/mol. The van der Waals surface area contributed by atoms with Gasteiger partial charge >= 0.3 is 5.97 Å². The Morgan fingerprint density at radius 3 is 3.00 bits per heavy atom. The molecule has 0 bridgehead atoms. The summed E-state index contributed by atoms with van der Waals surface area (Å²) in [6.07, 6.45) is 1.43. The molecule has 0 saturated carbocycles. The van der Waals surface area contributed by atoms with Crippen molar-refractivity contribution in [3.05, 3.63) is 23.0 Å². The highest BCUT2D eigenvalue weighted by Crippen LogP contribution is 2.26. The van der Waals surface area contributed by atoms with Crippen LogP contribution in [0, 0.1) is 11.3 Å². The van der Waals surface area contributed by atoms with Crippen LogP contribution in [0.4, 0.5) is 0 Å². The molecule has 2 heterocycles. The standard InChI is InChI=1S/C9H6N4O2S/c1-13-7(9(14)15)6(3-11-13)8-12-5(2-10)4-16-8/h3-4H,1H3,(H,14,15). The van der Waals surface area contributed by atoms with Gasteiger partial charge in [0.15, 0.2) is 11.4 Å². The van der Waals surface area contributed by atoms with E-state index in [2.05, 4.69) is 10.1 Å². The monoisotopic (exact) mass is 234 g/mol. The third kappa shape index (κ3) is 1.55. The number of carboxylic acids is 1. The van der Waals surface area contributed by atoms with Crippen molar-refractivity contribution in [2.45, 2.75) is 0 Å². The van der Waals surface area contributed by atoms with Crippen molar-refractivity contribution < 1.29 is 9.90 Å². The molecule has 1 N–H and O–H groups in total. The lowest BCUT2D eigenvalue weighted by Crippen LogP contribution is -2.06. The summed E-state index contributed by atoms with van der Waals surface area (Å²) in [5.41, 5.74) is 0.778. The molecule has 0 spiro atoms. The van der Waals surface area contributed by atoms with Crippen LogP contribution >= 0.6 is 11.3 Å². The Balaban J connectivity index is 2.56. The van der Waals surface area contributed by atoms with E-state index in [0.717, 1.165) is 0 Å². The Labute approximate surface area is 94.4 Å². The predicted octanol–water partition coefficient (Wildman–Crippen LogP) is 1.11. The van der Waals surface area contributed by atoms with Gasteiger partial charge in [-0.3, -0.25) is 4.68 Å². The zero-order chi connectivity index (χ0) is 11.7. The summed E-state index contributed by atoms with van der Waals surface area (Å²) in [4.78, 5) is 15.0. The highest BCUT2D eigenvalue weighted by molar-refractivity contribution is 7.13. The summed E-state index contributed by atoms with van der Waals surface area (Å²) in [5.74, 6) is -1.07. The van der Waals surface area contributed by atoms with E-state index < -0.39 is 5.97 Å². The molecular formula is C9H6N4O2S. The zero-order valence-electron chi connectivity index (χ0n) is 8.21. The van der Waals surface area contributed by atoms with E-state index in [1.165, 1.54) is 22.2 Å². The van der Waals surface area contributed by atoms with E-state index in [1.54, 1.807) is 12.4 Å². The van der Waals surface area contributed by atoms with Crippen molar-refractivity contribution in [3.63, 3.8) is 0 Å². The molecule has 0 aliphatic rings. The van der Waals surface area contributed by atoms with Crippen LogP contribution in [0.2, 0.25) is 0 Å². The fourth-order valence-corrected chi connectivity index (χ4v) is 2.05. The van der Waals surface area contributed by atoms with Gasteiger partial charge in [0, 0.05) is 12.4 Å². The van der Waals surface area contributed by atoms with Gasteiger partial charge in [0.25, 0.3) is 0 Å². The third-order valence-corrected chi connectivity index (χ3v) is 2.87. The number of aromatic carboxylic acids is 1. The van der Waals surface area contributed by atoms with Crippen LogP contribution in [-0.2, 0) is 7.05 Å². The molecule has 0 aliphatic heterocycles. The Kier molecular flexibility index (Phi) is 2.42. The van der Waals surface area contributed by atoms with E-state index in [-0.39, 0.29) is 11.4 Å². The molecule has 0 fully saturated rings. The maximum absolute atomic E-state index is 11.0. The van der Waals surface area contributed by atoms with E-state index in [1.807, 2.05) is 6.07 Å². The molecule has 7 heteroatoms. The molecule has 0 aliphatic carbocycles. The lowest BCUT2D eigenvalue weighted by atomic mass is 10.2. The highest BCUT2D eigenvalue weighted by Gasteiger charge is 2.19. The molecule has 0 aromatic carbocycles. The van der Waals surface area contributed by atoms with Gasteiger partial charge in [0.1, 0.15) is 11.1 Å². The van der Waals surface area contributed by atoms with Gasteiger partial charge < -0.3 is 5.11 Å². The number of hydrogen-bond donors (Lipinski definition) is 1. The molecule has 2 rings (SSSR count). The van der Waals surface area contributed by atoms with Crippen LogP contribution in [0.15, 0.2) is 11.6 Å². The maximum atomic E-state index is 11.0. The molecule has 0 amide bonds. The summed E-state index contributed by atoms with van der Waals surface area (Å²) in [6, 6.07) is 1.90. The lowest BCUT2D eigenvalue weighted by molar-refractivity contribution is 0.0686. The van der Waals surface area contributed by atoms with Crippen LogP contribution in [-0.4, -0.2) is 25.8 Å². The van der Waals surface area contributed by atoms with Crippen molar-refractivity contribution in [1.29, 1.82) is 5.26 Å². The SMILES string of the molecule is Cn1ncc(-c2nc(C#N)cs2)c1C(=O)O. The maximum Gasteiger partial charge on any atom is 0.354 e. The van der Waals surface area contributed by atoms with Crippen LogP contribution in [0.25, 0.3) is 10.6 Å². The number of carbonyl (C=O) groups is 1. The van der Waals surface area contributed by atoms with Crippen molar-refractivity contribution in [3.8, 4) is 16.6 Å². The third-order valence-electron chi connectivity index (χ3n) is 1.99. The number of thiazole rings is 1. The second kappa shape index (κ2) is 3.75. The molecule has 2 aromatic heterocycles. The number of carboxylic acid groups (broad SMARTS) is 1. The largest absolute Gasteiger partial charge is 0.477 e. The number of rotatable bonds is 2. The fourth-order valence-electron chi connectivity index (χ4n) is 1.30. The molecule has 0 radical (unpaired) electrons. The first-order chi connectivity index (χ1) is 7.63. The fraction of sp³-hybridized carbons (Fsp3) is 0.111. The van der Waals surface area contributed by atoms with Gasteiger partial charge in [0.05, 0.1) is 11.8 Å². The summed E-state index contributed by atoms with van der Waals surface area (Å²) in [6.45, 7) is 0. The minimum Gasteiger partial charge on any atom is -0.477 e. The van der Waals surface area contributed by atoms with E-state index in [9.17, 15) is 4.79 Å². The first-order valence-corrected chi connectivity index (χ1v) is 5.12. The Hall–Kier alpha value is -2.20. The first kappa shape index (κ1) is 10.3. The van der Waals surface area contributed by atoms with Crippen LogP contribution < -0.4 is 0 Å². The predicted molar refractivity (Wildman–Crippen MR) is 56.0 cm³/mol. The van der Waals surface area contributed by atoms with Crippen LogP contribution in [0.5, 0.6) is 0 Å². The average Bonchev–Trinajstić information content (AvgIpc) is 2.82. The van der Waals surface area contributed by atoms with Gasteiger partial charge in [0.2, 0.25) is 0 Å². The normalized spacial score (nSPS) is 10.0. The van der Waals surface area contributed by atoms with Crippen molar-refractivity contribution in [2.24, 2.45) is 7.05 Å². The minimum absolute atomic E-state index is 0.0684. The Morgan fingerprint density at radius 2 is 2.44 bits per heavy atom. The van der Waals surface area contributed by atoms with E-state index >= 15 is 0 Å². The van der Waals surface area contributed by atoms with Crippen LogP contribution in [0.1, 0.15) is 16.2 Å².